The second kappa shape index (κ2) is 8.40. The fourth-order valence-corrected chi connectivity index (χ4v) is 4.68. The number of para-hydroxylation sites is 1. The molecule has 0 atom stereocenters. The lowest BCUT2D eigenvalue weighted by molar-refractivity contribution is 0.102. The maximum atomic E-state index is 13.1. The van der Waals surface area contributed by atoms with Gasteiger partial charge in [0.15, 0.2) is 0 Å². The highest BCUT2D eigenvalue weighted by atomic mass is 32.1. The van der Waals surface area contributed by atoms with E-state index in [1.165, 1.54) is 16.9 Å². The van der Waals surface area contributed by atoms with Gasteiger partial charge in [-0.2, -0.15) is 0 Å². The standard InChI is InChI=1S/C23H22N2O2S/c1-27-18-11-7-8-16(14-18)15-24-23-21(19-12-5-6-13-20(19)28-23)22(26)25-17-9-3-2-4-10-17/h2-4,7-11,14-15H,5-6,12-13H2,1H3,(H,25,26). The Labute approximate surface area is 168 Å². The Hall–Kier alpha value is -2.92. The van der Waals surface area contributed by atoms with Crippen LogP contribution in [0.2, 0.25) is 0 Å². The van der Waals surface area contributed by atoms with Crippen LogP contribution in [0.1, 0.15) is 39.2 Å². The van der Waals surface area contributed by atoms with Gasteiger partial charge >= 0.3 is 0 Å². The van der Waals surface area contributed by atoms with Gasteiger partial charge in [0.05, 0.1) is 12.7 Å². The normalized spacial score (nSPS) is 13.3. The molecule has 1 amide bonds. The summed E-state index contributed by atoms with van der Waals surface area (Å²) in [7, 11) is 1.65. The Morgan fingerprint density at radius 3 is 2.75 bits per heavy atom. The summed E-state index contributed by atoms with van der Waals surface area (Å²) >= 11 is 1.64. The van der Waals surface area contributed by atoms with Gasteiger partial charge in [0.2, 0.25) is 0 Å². The van der Waals surface area contributed by atoms with Gasteiger partial charge in [-0.3, -0.25) is 4.79 Å². The third kappa shape index (κ3) is 3.99. The molecule has 3 aromatic rings. The number of methoxy groups -OCH3 is 1. The number of thiophene rings is 1. The first kappa shape index (κ1) is 18.4. The molecule has 0 radical (unpaired) electrons. The number of anilines is 1. The van der Waals surface area contributed by atoms with Crippen molar-refractivity contribution in [2.45, 2.75) is 25.7 Å². The average molecular weight is 391 g/mol. The monoisotopic (exact) mass is 390 g/mol. The summed E-state index contributed by atoms with van der Waals surface area (Å²) in [6, 6.07) is 17.3. The van der Waals surface area contributed by atoms with Crippen molar-refractivity contribution in [3.63, 3.8) is 0 Å². The van der Waals surface area contributed by atoms with E-state index in [-0.39, 0.29) is 5.91 Å². The lowest BCUT2D eigenvalue weighted by Gasteiger charge is -2.12. The van der Waals surface area contributed by atoms with Crippen molar-refractivity contribution in [3.8, 4) is 5.75 Å². The highest BCUT2D eigenvalue weighted by Crippen LogP contribution is 2.40. The van der Waals surface area contributed by atoms with E-state index in [9.17, 15) is 4.79 Å². The van der Waals surface area contributed by atoms with Crippen LogP contribution in [0.25, 0.3) is 0 Å². The molecule has 4 nitrogen and oxygen atoms in total. The lowest BCUT2D eigenvalue weighted by atomic mass is 9.95. The van der Waals surface area contributed by atoms with Crippen molar-refractivity contribution in [2.75, 3.05) is 12.4 Å². The quantitative estimate of drug-likeness (QED) is 0.573. The predicted molar refractivity (Wildman–Crippen MR) is 116 cm³/mol. The molecule has 5 heteroatoms. The van der Waals surface area contributed by atoms with Crippen LogP contribution in [-0.4, -0.2) is 19.2 Å². The highest BCUT2D eigenvalue weighted by Gasteiger charge is 2.25. The summed E-state index contributed by atoms with van der Waals surface area (Å²) in [5, 5.41) is 3.81. The van der Waals surface area contributed by atoms with Crippen LogP contribution in [0.4, 0.5) is 10.7 Å². The van der Waals surface area contributed by atoms with Gasteiger partial charge in [0.1, 0.15) is 10.8 Å². The molecule has 1 heterocycles. The van der Waals surface area contributed by atoms with Crippen molar-refractivity contribution >= 4 is 34.1 Å². The Kier molecular flexibility index (Phi) is 5.53. The number of amides is 1. The van der Waals surface area contributed by atoms with Gasteiger partial charge in [0, 0.05) is 16.8 Å². The van der Waals surface area contributed by atoms with Crippen LogP contribution in [0, 0.1) is 0 Å². The number of fused-ring (bicyclic) bond motifs is 1. The summed E-state index contributed by atoms with van der Waals surface area (Å²) in [6.07, 6.45) is 6.07. The van der Waals surface area contributed by atoms with Gasteiger partial charge in [-0.1, -0.05) is 30.3 Å². The highest BCUT2D eigenvalue weighted by molar-refractivity contribution is 7.16. The van der Waals surface area contributed by atoms with Gasteiger partial charge in [-0.05, 0) is 61.1 Å². The molecule has 1 aromatic heterocycles. The van der Waals surface area contributed by atoms with E-state index in [1.54, 1.807) is 24.7 Å². The maximum Gasteiger partial charge on any atom is 0.259 e. The van der Waals surface area contributed by atoms with Gasteiger partial charge < -0.3 is 10.1 Å². The number of rotatable bonds is 5. The van der Waals surface area contributed by atoms with Crippen LogP contribution < -0.4 is 10.1 Å². The summed E-state index contributed by atoms with van der Waals surface area (Å²) in [5.74, 6) is 0.708. The number of nitrogens with zero attached hydrogens (tertiary/aromatic N) is 1. The molecule has 28 heavy (non-hydrogen) atoms. The minimum atomic E-state index is -0.0802. The van der Waals surface area contributed by atoms with Crippen molar-refractivity contribution in [1.82, 2.24) is 0 Å². The largest absolute Gasteiger partial charge is 0.497 e. The molecule has 1 aliphatic carbocycles. The third-order valence-electron chi connectivity index (χ3n) is 4.84. The molecule has 142 valence electrons. The Balaban J connectivity index is 1.67. The zero-order valence-corrected chi connectivity index (χ0v) is 16.6. The molecule has 2 aromatic carbocycles. The molecule has 0 saturated carbocycles. The van der Waals surface area contributed by atoms with Crippen molar-refractivity contribution in [1.29, 1.82) is 0 Å². The summed E-state index contributed by atoms with van der Waals surface area (Å²) in [5.41, 5.74) is 3.64. The first-order valence-corrected chi connectivity index (χ1v) is 10.3. The number of benzene rings is 2. The summed E-state index contributed by atoms with van der Waals surface area (Å²) < 4.78 is 5.28. The first-order valence-electron chi connectivity index (χ1n) is 9.43. The van der Waals surface area contributed by atoms with E-state index in [2.05, 4.69) is 5.32 Å². The zero-order valence-electron chi connectivity index (χ0n) is 15.8. The number of nitrogens with one attached hydrogen (secondary N) is 1. The van der Waals surface area contributed by atoms with Gasteiger partial charge in [0.25, 0.3) is 5.91 Å². The van der Waals surface area contributed by atoms with Gasteiger partial charge in [-0.25, -0.2) is 4.99 Å². The molecule has 0 aliphatic heterocycles. The molecule has 0 fully saturated rings. The summed E-state index contributed by atoms with van der Waals surface area (Å²) in [6.45, 7) is 0. The van der Waals surface area contributed by atoms with Crippen LogP contribution in [-0.2, 0) is 12.8 Å². The molecule has 1 aliphatic rings. The van der Waals surface area contributed by atoms with Crippen molar-refractivity contribution in [3.05, 3.63) is 76.2 Å². The SMILES string of the molecule is COc1cccc(C=Nc2sc3c(c2C(=O)Nc2ccccc2)CCCC3)c1. The lowest BCUT2D eigenvalue weighted by Crippen LogP contribution is -2.14. The van der Waals surface area contributed by atoms with E-state index >= 15 is 0 Å². The average Bonchev–Trinajstić information content (AvgIpc) is 3.11. The third-order valence-corrected chi connectivity index (χ3v) is 6.04. The second-order valence-electron chi connectivity index (χ2n) is 6.75. The van der Waals surface area contributed by atoms with Crippen molar-refractivity contribution in [2.24, 2.45) is 4.99 Å². The molecular weight excluding hydrogens is 368 g/mol. The number of hydrogen-bond donors (Lipinski definition) is 1. The molecule has 0 saturated heterocycles. The predicted octanol–water partition coefficient (Wildman–Crippen LogP) is 5.64. The fraction of sp³-hybridized carbons (Fsp3) is 0.217. The van der Waals surface area contributed by atoms with Crippen LogP contribution >= 0.6 is 11.3 Å². The topological polar surface area (TPSA) is 50.7 Å². The zero-order chi connectivity index (χ0) is 19.3. The Morgan fingerprint density at radius 1 is 1.11 bits per heavy atom. The van der Waals surface area contributed by atoms with Gasteiger partial charge in [-0.15, -0.1) is 11.3 Å². The number of hydrogen-bond acceptors (Lipinski definition) is 4. The number of aliphatic imine (C=N–C) groups is 1. The molecule has 0 unspecified atom stereocenters. The van der Waals surface area contributed by atoms with Crippen LogP contribution in [0.3, 0.4) is 0 Å². The first-order chi connectivity index (χ1) is 13.7. The van der Waals surface area contributed by atoms with E-state index in [1.807, 2.05) is 54.6 Å². The van der Waals surface area contributed by atoms with E-state index in [0.717, 1.165) is 46.8 Å². The smallest absolute Gasteiger partial charge is 0.259 e. The number of aryl methyl sites for hydroxylation is 1. The van der Waals surface area contributed by atoms with Crippen LogP contribution in [0.5, 0.6) is 5.75 Å². The van der Waals surface area contributed by atoms with E-state index in [0.29, 0.717) is 0 Å². The number of carbonyl (C=O) groups excluding carboxylic acids is 1. The molecule has 1 N–H and O–H groups in total. The number of carbonyl (C=O) groups is 1. The minimum Gasteiger partial charge on any atom is -0.497 e. The molecular formula is C23H22N2O2S. The minimum absolute atomic E-state index is 0.0802. The van der Waals surface area contributed by atoms with E-state index in [4.69, 9.17) is 9.73 Å². The van der Waals surface area contributed by atoms with Crippen molar-refractivity contribution < 1.29 is 9.53 Å². The number of ether oxygens (including phenoxy) is 1. The van der Waals surface area contributed by atoms with Crippen LogP contribution in [0.15, 0.2) is 59.6 Å². The molecule has 0 spiro atoms. The Morgan fingerprint density at radius 2 is 1.93 bits per heavy atom. The summed E-state index contributed by atoms with van der Waals surface area (Å²) in [4.78, 5) is 19.1. The molecule has 0 bridgehead atoms. The fourth-order valence-electron chi connectivity index (χ4n) is 3.45. The van der Waals surface area contributed by atoms with E-state index < -0.39 is 0 Å². The molecule has 4 rings (SSSR count). The maximum absolute atomic E-state index is 13.1. The second-order valence-corrected chi connectivity index (χ2v) is 7.83. The Bertz CT molecular complexity index is 1010.